The molecule has 0 aromatic carbocycles. The Hall–Kier alpha value is -1.85. The highest BCUT2D eigenvalue weighted by Gasteiger charge is 2.38. The van der Waals surface area contributed by atoms with Crippen LogP contribution in [0.4, 0.5) is 4.79 Å². The first-order valence-electron chi connectivity index (χ1n) is 6.74. The van der Waals surface area contributed by atoms with Gasteiger partial charge in [0.25, 0.3) is 0 Å². The largest absolute Gasteiger partial charge is 0.385 e. The van der Waals surface area contributed by atoms with Gasteiger partial charge in [-0.3, -0.25) is 0 Å². The molecule has 1 aromatic rings. The summed E-state index contributed by atoms with van der Waals surface area (Å²) in [5.41, 5.74) is 6.94. The smallest absolute Gasteiger partial charge is 0.346 e. The summed E-state index contributed by atoms with van der Waals surface area (Å²) in [6, 6.07) is 0.0275. The zero-order chi connectivity index (χ0) is 13.6. The monoisotopic (exact) mass is 261 g/mol. The van der Waals surface area contributed by atoms with Crippen LogP contribution in [0, 0.1) is 5.92 Å². The minimum Gasteiger partial charge on any atom is -0.385 e. The lowest BCUT2D eigenvalue weighted by molar-refractivity contribution is 0.197. The van der Waals surface area contributed by atoms with Crippen molar-refractivity contribution in [1.82, 2.24) is 14.5 Å². The van der Waals surface area contributed by atoms with E-state index in [1.54, 1.807) is 11.1 Å². The molecule has 2 heterocycles. The van der Waals surface area contributed by atoms with Gasteiger partial charge in [-0.25, -0.2) is 9.78 Å². The van der Waals surface area contributed by atoms with E-state index in [1.165, 1.54) is 12.8 Å². The van der Waals surface area contributed by atoms with Crippen molar-refractivity contribution in [3.63, 3.8) is 0 Å². The minimum atomic E-state index is -0.252. The van der Waals surface area contributed by atoms with Crippen LogP contribution in [-0.4, -0.2) is 32.9 Å². The Morgan fingerprint density at radius 3 is 2.84 bits per heavy atom. The molecule has 1 aliphatic carbocycles. The standard InChI is InChI=1S/C13H19N5O/c1-8(2)6-17-11(12(14)16-13(17)19)10-5-15-7-18(10)9-3-4-9/h5,7-9,11H,3-4,6H2,1-2H3,(H2,14,16,19). The molecule has 1 fully saturated rings. The van der Waals surface area contributed by atoms with E-state index < -0.39 is 0 Å². The van der Waals surface area contributed by atoms with Gasteiger partial charge < -0.3 is 15.2 Å². The van der Waals surface area contributed by atoms with Crippen LogP contribution in [0.25, 0.3) is 0 Å². The zero-order valence-electron chi connectivity index (χ0n) is 11.3. The number of hydrogen-bond donors (Lipinski definition) is 1. The van der Waals surface area contributed by atoms with Crippen LogP contribution in [0.1, 0.15) is 44.5 Å². The van der Waals surface area contributed by atoms with Crippen molar-refractivity contribution >= 4 is 11.9 Å². The van der Waals surface area contributed by atoms with E-state index >= 15 is 0 Å². The number of amidine groups is 1. The third kappa shape index (κ3) is 2.11. The van der Waals surface area contributed by atoms with E-state index in [-0.39, 0.29) is 12.1 Å². The molecule has 2 amide bonds. The lowest BCUT2D eigenvalue weighted by Crippen LogP contribution is -2.36. The number of imidazole rings is 1. The Bertz CT molecular complexity index is 529. The van der Waals surface area contributed by atoms with Gasteiger partial charge in [-0.1, -0.05) is 13.8 Å². The molecule has 0 radical (unpaired) electrons. The molecule has 0 saturated heterocycles. The van der Waals surface area contributed by atoms with Crippen molar-refractivity contribution < 1.29 is 4.79 Å². The van der Waals surface area contributed by atoms with Gasteiger partial charge in [0.1, 0.15) is 11.9 Å². The number of aromatic nitrogens is 2. The molecule has 1 saturated carbocycles. The summed E-state index contributed by atoms with van der Waals surface area (Å²) in [4.78, 5) is 21.8. The Balaban J connectivity index is 1.93. The average Bonchev–Trinajstić information content (AvgIpc) is 3.00. The van der Waals surface area contributed by atoms with E-state index in [2.05, 4.69) is 28.4 Å². The summed E-state index contributed by atoms with van der Waals surface area (Å²) < 4.78 is 2.14. The maximum atomic E-state index is 12.0. The molecule has 19 heavy (non-hydrogen) atoms. The molecule has 1 atom stereocenters. The van der Waals surface area contributed by atoms with Gasteiger partial charge in [-0.2, -0.15) is 4.99 Å². The van der Waals surface area contributed by atoms with Gasteiger partial charge in [0.2, 0.25) is 0 Å². The third-order valence-corrected chi connectivity index (χ3v) is 3.54. The first-order chi connectivity index (χ1) is 9.08. The van der Waals surface area contributed by atoms with Crippen LogP contribution in [0.15, 0.2) is 17.5 Å². The van der Waals surface area contributed by atoms with Crippen molar-refractivity contribution in [2.45, 2.75) is 38.8 Å². The number of urea groups is 1. The topological polar surface area (TPSA) is 76.5 Å². The van der Waals surface area contributed by atoms with Crippen molar-refractivity contribution in [2.24, 2.45) is 16.6 Å². The predicted molar refractivity (Wildman–Crippen MR) is 71.8 cm³/mol. The van der Waals surface area contributed by atoms with E-state index in [9.17, 15) is 4.79 Å². The molecule has 2 aliphatic rings. The molecule has 0 bridgehead atoms. The summed E-state index contributed by atoms with van der Waals surface area (Å²) in [6.45, 7) is 4.82. The quantitative estimate of drug-likeness (QED) is 0.896. The van der Waals surface area contributed by atoms with Crippen LogP contribution in [0.3, 0.4) is 0 Å². The highest BCUT2D eigenvalue weighted by Crippen LogP contribution is 2.38. The number of nitrogens with two attached hydrogens (primary N) is 1. The lowest BCUT2D eigenvalue weighted by atomic mass is 10.1. The molecule has 0 spiro atoms. The van der Waals surface area contributed by atoms with Gasteiger partial charge in [-0.05, 0) is 18.8 Å². The second-order valence-corrected chi connectivity index (χ2v) is 5.72. The fraction of sp³-hybridized carbons (Fsp3) is 0.615. The van der Waals surface area contributed by atoms with Gasteiger partial charge in [0.05, 0.1) is 18.2 Å². The van der Waals surface area contributed by atoms with Gasteiger partial charge in [-0.15, -0.1) is 0 Å². The molecular weight excluding hydrogens is 242 g/mol. The zero-order valence-corrected chi connectivity index (χ0v) is 11.3. The SMILES string of the molecule is CC(C)CN1C(=O)N=C(N)C1c1cncn1C1CC1. The van der Waals surface area contributed by atoms with Gasteiger partial charge in [0.15, 0.2) is 0 Å². The summed E-state index contributed by atoms with van der Waals surface area (Å²) >= 11 is 0. The highest BCUT2D eigenvalue weighted by molar-refractivity contribution is 6.03. The molecule has 6 nitrogen and oxygen atoms in total. The Morgan fingerprint density at radius 1 is 1.47 bits per heavy atom. The first-order valence-corrected chi connectivity index (χ1v) is 6.74. The summed E-state index contributed by atoms with van der Waals surface area (Å²) in [6.07, 6.45) is 5.98. The van der Waals surface area contributed by atoms with Gasteiger partial charge in [0, 0.05) is 12.6 Å². The van der Waals surface area contributed by atoms with E-state index in [0.717, 1.165) is 5.69 Å². The summed E-state index contributed by atoms with van der Waals surface area (Å²) in [5, 5.41) is 0. The van der Waals surface area contributed by atoms with Crippen LogP contribution in [-0.2, 0) is 0 Å². The maximum Gasteiger partial charge on any atom is 0.346 e. The first kappa shape index (κ1) is 12.2. The van der Waals surface area contributed by atoms with E-state index in [4.69, 9.17) is 5.73 Å². The molecule has 102 valence electrons. The molecule has 1 aliphatic heterocycles. The molecule has 1 unspecified atom stereocenters. The number of carbonyl (C=O) groups is 1. The average molecular weight is 261 g/mol. The summed E-state index contributed by atoms with van der Waals surface area (Å²) in [7, 11) is 0. The summed E-state index contributed by atoms with van der Waals surface area (Å²) in [5.74, 6) is 0.762. The molecule has 6 heteroatoms. The third-order valence-electron chi connectivity index (χ3n) is 3.54. The molecular formula is C13H19N5O. The molecule has 1 aromatic heterocycles. The van der Waals surface area contributed by atoms with Crippen molar-refractivity contribution in [2.75, 3.05) is 6.54 Å². The highest BCUT2D eigenvalue weighted by atomic mass is 16.2. The maximum absolute atomic E-state index is 12.0. The number of hydrogen-bond acceptors (Lipinski definition) is 3. The van der Waals surface area contributed by atoms with Crippen LogP contribution >= 0.6 is 0 Å². The van der Waals surface area contributed by atoms with Crippen molar-refractivity contribution in [3.05, 3.63) is 18.2 Å². The van der Waals surface area contributed by atoms with E-state index in [0.29, 0.717) is 24.3 Å². The fourth-order valence-electron chi connectivity index (χ4n) is 2.58. The minimum absolute atomic E-state index is 0.236. The molecule has 2 N–H and O–H groups in total. The Kier molecular flexibility index (Phi) is 2.80. The van der Waals surface area contributed by atoms with Crippen LogP contribution in [0.5, 0.6) is 0 Å². The van der Waals surface area contributed by atoms with Crippen LogP contribution < -0.4 is 5.73 Å². The van der Waals surface area contributed by atoms with Crippen LogP contribution in [0.2, 0.25) is 0 Å². The second-order valence-electron chi connectivity index (χ2n) is 5.72. The predicted octanol–water partition coefficient (Wildman–Crippen LogP) is 1.71. The lowest BCUT2D eigenvalue weighted by Gasteiger charge is -2.26. The second kappa shape index (κ2) is 4.36. The number of amides is 2. The number of rotatable bonds is 4. The van der Waals surface area contributed by atoms with Gasteiger partial charge >= 0.3 is 6.03 Å². The van der Waals surface area contributed by atoms with Crippen molar-refractivity contribution in [1.29, 1.82) is 0 Å². The normalized spacial score (nSPS) is 23.3. The Morgan fingerprint density at radius 2 is 2.21 bits per heavy atom. The number of aliphatic imine (C=N–C) groups is 1. The van der Waals surface area contributed by atoms with Crippen molar-refractivity contribution in [3.8, 4) is 0 Å². The Labute approximate surface area is 112 Å². The number of nitrogens with zero attached hydrogens (tertiary/aromatic N) is 4. The molecule has 3 rings (SSSR count). The van der Waals surface area contributed by atoms with E-state index in [1.807, 2.05) is 6.33 Å². The number of carbonyl (C=O) groups excluding carboxylic acids is 1. The fourth-order valence-corrected chi connectivity index (χ4v) is 2.58.